The van der Waals surface area contributed by atoms with E-state index in [1.807, 2.05) is 12.1 Å². The van der Waals surface area contributed by atoms with Crippen molar-refractivity contribution in [2.75, 3.05) is 75.4 Å². The molecule has 262 valence electrons. The molecule has 4 heterocycles. The summed E-state index contributed by atoms with van der Waals surface area (Å²) in [5, 5.41) is 43.5. The molecule has 2 saturated heterocycles. The molecular weight excluding hydrogens is 655 g/mol. The number of carbonyl (C=O) groups excluding carboxylic acids is 2. The summed E-state index contributed by atoms with van der Waals surface area (Å²) < 4.78 is 24.2. The molecule has 0 unspecified atom stereocenters. The van der Waals surface area contributed by atoms with Crippen molar-refractivity contribution in [1.82, 2.24) is 19.8 Å². The summed E-state index contributed by atoms with van der Waals surface area (Å²) in [7, 11) is 0. The van der Waals surface area contributed by atoms with Crippen molar-refractivity contribution in [3.05, 3.63) is 78.6 Å². The van der Waals surface area contributed by atoms with E-state index < -0.39 is 57.7 Å². The number of amides is 2. The van der Waals surface area contributed by atoms with Gasteiger partial charge in [-0.05, 0) is 31.5 Å². The molecule has 2 fully saturated rings. The molecule has 0 atom stereocenters. The first-order chi connectivity index (χ1) is 24.0. The van der Waals surface area contributed by atoms with Crippen molar-refractivity contribution >= 4 is 23.8 Å². The third-order valence-electron chi connectivity index (χ3n) is 8.66. The molecule has 0 saturated carbocycles. The standard InChI is InChI=1S/C33H35FN8O8/c1-3-49-32(47)41-13-9-39(10-14-41)28-21(17-35)26(43)24(30(45)37-28)23(19-5-7-20(34)8-6-19)25-27(44)22(18-36)29(38-31(25)46)40-11-15-42(16-12-40)33(48)50-4-2/h5-8,23H,3-4,9-16H2,1-2H3,(H2,37,43,45)(H2,38,44,46). The van der Waals surface area contributed by atoms with Gasteiger partial charge in [0.2, 0.25) is 0 Å². The van der Waals surface area contributed by atoms with Crippen LogP contribution in [0.1, 0.15) is 47.6 Å². The van der Waals surface area contributed by atoms with Crippen molar-refractivity contribution in [2.24, 2.45) is 0 Å². The second-order valence-electron chi connectivity index (χ2n) is 11.4. The topological polar surface area (TPSA) is 219 Å². The first-order valence-corrected chi connectivity index (χ1v) is 15.9. The van der Waals surface area contributed by atoms with Crippen LogP contribution in [0.2, 0.25) is 0 Å². The van der Waals surface area contributed by atoms with Crippen molar-refractivity contribution < 1.29 is 33.7 Å². The summed E-state index contributed by atoms with van der Waals surface area (Å²) in [6.07, 6.45) is -1.01. The predicted molar refractivity (Wildman–Crippen MR) is 176 cm³/mol. The molecule has 4 N–H and O–H groups in total. The molecule has 2 amide bonds. The number of aromatic nitrogens is 2. The van der Waals surface area contributed by atoms with Crippen LogP contribution in [-0.2, 0) is 9.47 Å². The molecule has 0 aliphatic carbocycles. The Hall–Kier alpha value is -6.23. The Morgan fingerprint density at radius 1 is 0.760 bits per heavy atom. The number of anilines is 2. The van der Waals surface area contributed by atoms with Gasteiger partial charge in [0.05, 0.1) is 30.3 Å². The van der Waals surface area contributed by atoms with E-state index in [2.05, 4.69) is 9.97 Å². The summed E-state index contributed by atoms with van der Waals surface area (Å²) in [4.78, 5) is 63.5. The molecule has 2 aliphatic heterocycles. The number of nitriles is 2. The Labute approximate surface area is 285 Å². The lowest BCUT2D eigenvalue weighted by atomic mass is 9.84. The highest BCUT2D eigenvalue weighted by Crippen LogP contribution is 2.42. The van der Waals surface area contributed by atoms with Crippen molar-refractivity contribution in [1.29, 1.82) is 10.5 Å². The second kappa shape index (κ2) is 14.9. The van der Waals surface area contributed by atoms with Gasteiger partial charge in [0.15, 0.2) is 0 Å². The number of carbonyl (C=O) groups is 2. The minimum Gasteiger partial charge on any atom is -0.506 e. The van der Waals surface area contributed by atoms with Gasteiger partial charge in [0.25, 0.3) is 11.1 Å². The van der Waals surface area contributed by atoms with E-state index in [1.54, 1.807) is 23.6 Å². The lowest BCUT2D eigenvalue weighted by Crippen LogP contribution is -2.49. The van der Waals surface area contributed by atoms with E-state index in [9.17, 15) is 44.3 Å². The summed E-state index contributed by atoms with van der Waals surface area (Å²) in [6.45, 7) is 5.32. The number of pyridine rings is 2. The first-order valence-electron chi connectivity index (χ1n) is 15.9. The Morgan fingerprint density at radius 3 is 1.48 bits per heavy atom. The number of ether oxygens (including phenoxy) is 2. The van der Waals surface area contributed by atoms with Crippen molar-refractivity contribution in [3.63, 3.8) is 0 Å². The van der Waals surface area contributed by atoms with Gasteiger partial charge in [0, 0.05) is 52.4 Å². The van der Waals surface area contributed by atoms with E-state index in [1.165, 1.54) is 21.9 Å². The summed E-state index contributed by atoms with van der Waals surface area (Å²) >= 11 is 0. The third kappa shape index (κ3) is 6.70. The molecule has 0 spiro atoms. The van der Waals surface area contributed by atoms with Gasteiger partial charge in [-0.1, -0.05) is 12.1 Å². The fourth-order valence-corrected chi connectivity index (χ4v) is 6.19. The fraction of sp³-hybridized carbons (Fsp3) is 0.394. The molecule has 16 nitrogen and oxygen atoms in total. The number of aromatic hydroxyl groups is 2. The smallest absolute Gasteiger partial charge is 0.409 e. The average molecular weight is 691 g/mol. The number of nitrogens with zero attached hydrogens (tertiary/aromatic N) is 6. The number of H-pyrrole nitrogens is 2. The molecule has 3 aromatic rings. The largest absolute Gasteiger partial charge is 0.506 e. The molecule has 2 aromatic heterocycles. The number of hydrogen-bond donors (Lipinski definition) is 4. The number of rotatable bonds is 7. The van der Waals surface area contributed by atoms with Gasteiger partial charge in [-0.15, -0.1) is 0 Å². The Bertz CT molecular complexity index is 1850. The maximum atomic E-state index is 14.1. The Morgan fingerprint density at radius 2 is 1.14 bits per heavy atom. The molecule has 0 radical (unpaired) electrons. The zero-order valence-electron chi connectivity index (χ0n) is 27.4. The molecule has 5 rings (SSSR count). The van der Waals surface area contributed by atoms with Gasteiger partial charge in [0.1, 0.15) is 52.2 Å². The highest BCUT2D eigenvalue weighted by atomic mass is 19.1. The van der Waals surface area contributed by atoms with Gasteiger partial charge >= 0.3 is 12.2 Å². The minimum absolute atomic E-state index is 0.0201. The number of aromatic amines is 2. The molecule has 50 heavy (non-hydrogen) atoms. The van der Waals surface area contributed by atoms with Crippen LogP contribution >= 0.6 is 0 Å². The molecule has 17 heteroatoms. The Balaban J connectivity index is 1.59. The van der Waals surface area contributed by atoms with Crippen LogP contribution in [0.25, 0.3) is 0 Å². The van der Waals surface area contributed by atoms with Crippen molar-refractivity contribution in [3.8, 4) is 23.6 Å². The summed E-state index contributed by atoms with van der Waals surface area (Å²) in [6, 6.07) is 8.42. The maximum Gasteiger partial charge on any atom is 0.409 e. The van der Waals surface area contributed by atoms with Crippen LogP contribution in [0.15, 0.2) is 33.9 Å². The zero-order valence-corrected chi connectivity index (χ0v) is 27.4. The number of benzene rings is 1. The first kappa shape index (κ1) is 35.1. The van der Waals surface area contributed by atoms with Crippen LogP contribution in [-0.4, -0.2) is 108 Å². The van der Waals surface area contributed by atoms with Crippen LogP contribution in [0.5, 0.6) is 11.5 Å². The predicted octanol–water partition coefficient (Wildman–Crippen LogP) is 2.09. The normalized spacial score (nSPS) is 14.7. The minimum atomic E-state index is -1.58. The molecule has 2 aliphatic rings. The number of nitrogens with one attached hydrogen (secondary N) is 2. The quantitative estimate of drug-likeness (QED) is 0.280. The second-order valence-corrected chi connectivity index (χ2v) is 11.4. The average Bonchev–Trinajstić information content (AvgIpc) is 3.11. The van der Waals surface area contributed by atoms with E-state index >= 15 is 0 Å². The highest BCUT2D eigenvalue weighted by Gasteiger charge is 2.35. The maximum absolute atomic E-state index is 14.1. The summed E-state index contributed by atoms with van der Waals surface area (Å²) in [5.41, 5.74) is -3.43. The molecule has 0 bridgehead atoms. The number of halogens is 1. The van der Waals surface area contributed by atoms with Gasteiger partial charge in [-0.25, -0.2) is 14.0 Å². The number of hydrogen-bond acceptors (Lipinski definition) is 12. The lowest BCUT2D eigenvalue weighted by Gasteiger charge is -2.36. The number of piperazine rings is 2. The third-order valence-corrected chi connectivity index (χ3v) is 8.66. The zero-order chi connectivity index (χ0) is 36.1. The van der Waals surface area contributed by atoms with E-state index in [0.29, 0.717) is 0 Å². The molecule has 1 aromatic carbocycles. The van der Waals surface area contributed by atoms with Gasteiger partial charge in [-0.2, -0.15) is 10.5 Å². The van der Waals surface area contributed by atoms with E-state index in [0.717, 1.165) is 12.1 Å². The molecular formula is C33H35FN8O8. The van der Waals surface area contributed by atoms with Crippen LogP contribution in [0.3, 0.4) is 0 Å². The Kier molecular flexibility index (Phi) is 10.5. The van der Waals surface area contributed by atoms with E-state index in [-0.39, 0.29) is 93.9 Å². The highest BCUT2D eigenvalue weighted by molar-refractivity contribution is 5.71. The van der Waals surface area contributed by atoms with Gasteiger partial charge < -0.3 is 49.3 Å². The van der Waals surface area contributed by atoms with Gasteiger partial charge in [-0.3, -0.25) is 9.59 Å². The summed E-state index contributed by atoms with van der Waals surface area (Å²) in [5.74, 6) is -3.84. The SMILES string of the molecule is CCOC(=O)N1CCN(c2[nH]c(=O)c(C(c3ccc(F)cc3)c3c(O)c(C#N)c(N4CCN(C(=O)OCC)CC4)[nH]c3=O)c(O)c2C#N)CC1. The van der Waals surface area contributed by atoms with Crippen LogP contribution in [0.4, 0.5) is 25.6 Å². The van der Waals surface area contributed by atoms with Crippen LogP contribution < -0.4 is 20.9 Å². The lowest BCUT2D eigenvalue weighted by molar-refractivity contribution is 0.104. The monoisotopic (exact) mass is 690 g/mol. The van der Waals surface area contributed by atoms with Crippen LogP contribution in [0, 0.1) is 28.5 Å². The van der Waals surface area contributed by atoms with Crippen molar-refractivity contribution in [2.45, 2.75) is 19.8 Å². The fourth-order valence-electron chi connectivity index (χ4n) is 6.19. The van der Waals surface area contributed by atoms with E-state index in [4.69, 9.17) is 9.47 Å².